The lowest BCUT2D eigenvalue weighted by molar-refractivity contribution is -0.383. The average Bonchev–Trinajstić information content (AvgIpc) is 2.72. The molecule has 0 fully saturated rings. The zero-order chi connectivity index (χ0) is 21.4. The number of benzene rings is 1. The molecule has 0 amide bonds. The molecule has 154 valence electrons. The first kappa shape index (κ1) is 21.5. The predicted octanol–water partition coefficient (Wildman–Crippen LogP) is 1.76. The molecule has 12 heteroatoms. The molecule has 0 aliphatic heterocycles. The highest BCUT2D eigenvalue weighted by Gasteiger charge is 2.24. The molecule has 2 aromatic rings. The molecular weight excluding hydrogens is 386 g/mol. The molecule has 0 saturated carbocycles. The molecule has 0 spiro atoms. The molecule has 2 rings (SSSR count). The Bertz CT molecular complexity index is 885. The highest BCUT2D eigenvalue weighted by atomic mass is 16.6. The Morgan fingerprint density at radius 2 is 1.62 bits per heavy atom. The second-order valence-corrected chi connectivity index (χ2v) is 5.50. The van der Waals surface area contributed by atoms with Gasteiger partial charge in [0.05, 0.1) is 36.9 Å². The van der Waals surface area contributed by atoms with Crippen LogP contribution >= 0.6 is 0 Å². The van der Waals surface area contributed by atoms with E-state index in [2.05, 4.69) is 30.1 Å². The van der Waals surface area contributed by atoms with Crippen molar-refractivity contribution in [1.29, 1.82) is 0 Å². The third-order valence-corrected chi connectivity index (χ3v) is 3.64. The van der Waals surface area contributed by atoms with Crippen molar-refractivity contribution in [2.45, 2.75) is 0 Å². The lowest BCUT2D eigenvalue weighted by Gasteiger charge is -2.12. The fraction of sp³-hybridized carbons (Fsp3) is 0.294. The van der Waals surface area contributed by atoms with Gasteiger partial charge in [-0.05, 0) is 18.2 Å². The Kier molecular flexibility index (Phi) is 7.37. The maximum absolute atomic E-state index is 11.9. The van der Waals surface area contributed by atoms with Gasteiger partial charge in [-0.1, -0.05) is 0 Å². The molecule has 0 aliphatic carbocycles. The van der Waals surface area contributed by atoms with Gasteiger partial charge in [0.2, 0.25) is 11.6 Å². The van der Waals surface area contributed by atoms with Crippen LogP contribution in [0.3, 0.4) is 0 Å². The number of carbonyl (C=O) groups is 2. The number of rotatable bonds is 9. The largest absolute Gasteiger partial charge is 0.465 e. The number of nitrogens with zero attached hydrogens (tertiary/aromatic N) is 3. The number of hydrogen-bond donors (Lipinski definition) is 2. The second kappa shape index (κ2) is 9.94. The normalized spacial score (nSPS) is 10.2. The Hall–Kier alpha value is -3.80. The lowest BCUT2D eigenvalue weighted by atomic mass is 10.1. The molecule has 0 unspecified atom stereocenters. The summed E-state index contributed by atoms with van der Waals surface area (Å²) in [6.07, 6.45) is 1.13. The molecule has 2 N–H and O–H groups in total. The van der Waals surface area contributed by atoms with Crippen LogP contribution in [0.1, 0.15) is 20.7 Å². The SMILES string of the molecule is COCCNc1ncnc(Nc2cc(C(=O)OC)cc(C(=O)OC)c2)c1[N+](=O)[O-]. The highest BCUT2D eigenvalue weighted by Crippen LogP contribution is 2.31. The molecule has 1 heterocycles. The van der Waals surface area contributed by atoms with E-state index < -0.39 is 22.5 Å². The van der Waals surface area contributed by atoms with E-state index >= 15 is 0 Å². The second-order valence-electron chi connectivity index (χ2n) is 5.50. The van der Waals surface area contributed by atoms with E-state index in [4.69, 9.17) is 4.74 Å². The van der Waals surface area contributed by atoms with Gasteiger partial charge in [-0.3, -0.25) is 10.1 Å². The number of hydrogen-bond acceptors (Lipinski definition) is 11. The van der Waals surface area contributed by atoms with Crippen LogP contribution in [0.15, 0.2) is 24.5 Å². The van der Waals surface area contributed by atoms with Gasteiger partial charge >= 0.3 is 17.6 Å². The molecule has 0 bridgehead atoms. The molecule has 0 atom stereocenters. The highest BCUT2D eigenvalue weighted by molar-refractivity contribution is 5.97. The van der Waals surface area contributed by atoms with E-state index in [-0.39, 0.29) is 35.0 Å². The molecule has 12 nitrogen and oxygen atoms in total. The van der Waals surface area contributed by atoms with E-state index in [0.717, 1.165) is 6.33 Å². The number of ether oxygens (including phenoxy) is 3. The molecule has 1 aromatic heterocycles. The first-order valence-corrected chi connectivity index (χ1v) is 8.22. The van der Waals surface area contributed by atoms with Gasteiger partial charge in [-0.2, -0.15) is 0 Å². The van der Waals surface area contributed by atoms with Gasteiger partial charge in [0.15, 0.2) is 0 Å². The Morgan fingerprint density at radius 3 is 2.14 bits per heavy atom. The van der Waals surface area contributed by atoms with Crippen LogP contribution in [0, 0.1) is 10.1 Å². The number of nitro groups is 1. The van der Waals surface area contributed by atoms with Gasteiger partial charge in [-0.25, -0.2) is 19.6 Å². The molecule has 1 aromatic carbocycles. The third-order valence-electron chi connectivity index (χ3n) is 3.64. The van der Waals surface area contributed by atoms with Crippen molar-refractivity contribution in [3.63, 3.8) is 0 Å². The maximum Gasteiger partial charge on any atom is 0.353 e. The molecule has 0 radical (unpaired) electrons. The van der Waals surface area contributed by atoms with Crippen molar-refractivity contribution >= 4 is 34.9 Å². The van der Waals surface area contributed by atoms with Gasteiger partial charge in [0, 0.05) is 19.3 Å². The van der Waals surface area contributed by atoms with Crippen LogP contribution in [0.4, 0.5) is 23.0 Å². The first-order valence-electron chi connectivity index (χ1n) is 8.22. The zero-order valence-electron chi connectivity index (χ0n) is 15.9. The van der Waals surface area contributed by atoms with E-state index in [0.29, 0.717) is 6.61 Å². The molecule has 0 saturated heterocycles. The summed E-state index contributed by atoms with van der Waals surface area (Å²) >= 11 is 0. The van der Waals surface area contributed by atoms with Crippen molar-refractivity contribution in [2.24, 2.45) is 0 Å². The standard InChI is InChI=1S/C17H19N5O7/c1-27-5-4-18-14-13(22(25)26)15(20-9-19-14)21-12-7-10(16(23)28-2)6-11(8-12)17(24)29-3/h6-9H,4-5H2,1-3H3,(H2,18,19,20,21). The minimum atomic E-state index is -0.696. The predicted molar refractivity (Wildman–Crippen MR) is 101 cm³/mol. The zero-order valence-corrected chi connectivity index (χ0v) is 15.9. The van der Waals surface area contributed by atoms with E-state index in [1.807, 2.05) is 0 Å². The summed E-state index contributed by atoms with van der Waals surface area (Å²) in [5.41, 5.74) is -0.120. The number of aromatic nitrogens is 2. The van der Waals surface area contributed by atoms with E-state index in [9.17, 15) is 19.7 Å². The van der Waals surface area contributed by atoms with Crippen LogP contribution in [0.5, 0.6) is 0 Å². The summed E-state index contributed by atoms with van der Waals surface area (Å²) in [6, 6.07) is 4.01. The van der Waals surface area contributed by atoms with Crippen molar-refractivity contribution in [3.8, 4) is 0 Å². The number of carbonyl (C=O) groups excluding carboxylic acids is 2. The monoisotopic (exact) mass is 405 g/mol. The maximum atomic E-state index is 11.9. The Balaban J connectivity index is 2.47. The quantitative estimate of drug-likeness (QED) is 0.271. The Morgan fingerprint density at radius 1 is 1.03 bits per heavy atom. The summed E-state index contributed by atoms with van der Waals surface area (Å²) in [6.45, 7) is 0.603. The van der Waals surface area contributed by atoms with Crippen molar-refractivity contribution in [3.05, 3.63) is 45.8 Å². The average molecular weight is 405 g/mol. The van der Waals surface area contributed by atoms with Crippen molar-refractivity contribution in [1.82, 2.24) is 9.97 Å². The number of nitrogens with one attached hydrogen (secondary N) is 2. The number of methoxy groups -OCH3 is 3. The van der Waals surface area contributed by atoms with Crippen molar-refractivity contribution in [2.75, 3.05) is 45.1 Å². The number of esters is 2. The van der Waals surface area contributed by atoms with Crippen LogP contribution in [-0.4, -0.2) is 61.3 Å². The van der Waals surface area contributed by atoms with Crippen LogP contribution in [0.2, 0.25) is 0 Å². The summed E-state index contributed by atoms with van der Waals surface area (Å²) in [7, 11) is 3.87. The topological polar surface area (TPSA) is 155 Å². The van der Waals surface area contributed by atoms with Crippen molar-refractivity contribution < 1.29 is 28.7 Å². The van der Waals surface area contributed by atoms with Crippen LogP contribution in [0.25, 0.3) is 0 Å². The smallest absolute Gasteiger partial charge is 0.353 e. The minimum Gasteiger partial charge on any atom is -0.465 e. The first-order chi connectivity index (χ1) is 13.9. The molecular formula is C17H19N5O7. The summed E-state index contributed by atoms with van der Waals surface area (Å²) in [5, 5.41) is 17.1. The van der Waals surface area contributed by atoms with E-state index in [1.165, 1.54) is 39.5 Å². The summed E-state index contributed by atoms with van der Waals surface area (Å²) in [5.74, 6) is -1.54. The fourth-order valence-corrected chi connectivity index (χ4v) is 2.35. The lowest BCUT2D eigenvalue weighted by Crippen LogP contribution is -2.12. The number of anilines is 3. The molecule has 29 heavy (non-hydrogen) atoms. The minimum absolute atomic E-state index is 0.0122. The van der Waals surface area contributed by atoms with Gasteiger partial charge in [0.25, 0.3) is 0 Å². The van der Waals surface area contributed by atoms with Gasteiger partial charge in [0.1, 0.15) is 6.33 Å². The third kappa shape index (κ3) is 5.35. The summed E-state index contributed by atoms with van der Waals surface area (Å²) in [4.78, 5) is 42.5. The molecule has 0 aliphatic rings. The van der Waals surface area contributed by atoms with Gasteiger partial charge < -0.3 is 24.8 Å². The van der Waals surface area contributed by atoms with E-state index in [1.54, 1.807) is 0 Å². The Labute approximate surface area is 165 Å². The van der Waals surface area contributed by atoms with Crippen LogP contribution < -0.4 is 10.6 Å². The van der Waals surface area contributed by atoms with Crippen LogP contribution in [-0.2, 0) is 14.2 Å². The summed E-state index contributed by atoms with van der Waals surface area (Å²) < 4.78 is 14.2. The van der Waals surface area contributed by atoms with Gasteiger partial charge in [-0.15, -0.1) is 0 Å². The fourth-order valence-electron chi connectivity index (χ4n) is 2.35.